The molecule has 5 nitrogen and oxygen atoms in total. The maximum absolute atomic E-state index is 12.7. The van der Waals surface area contributed by atoms with E-state index in [1.165, 1.54) is 25.0 Å². The second-order valence-electron chi connectivity index (χ2n) is 6.61. The normalized spacial score (nSPS) is 25.8. The first-order valence-corrected chi connectivity index (χ1v) is 9.92. The van der Waals surface area contributed by atoms with Gasteiger partial charge in [-0.2, -0.15) is 0 Å². The molecule has 0 radical (unpaired) electrons. The van der Waals surface area contributed by atoms with Crippen molar-refractivity contribution in [3.8, 4) is 0 Å². The van der Waals surface area contributed by atoms with Crippen LogP contribution in [0.5, 0.6) is 0 Å². The van der Waals surface area contributed by atoms with E-state index >= 15 is 0 Å². The monoisotopic (exact) mass is 372 g/mol. The van der Waals surface area contributed by atoms with Gasteiger partial charge in [0.1, 0.15) is 0 Å². The van der Waals surface area contributed by atoms with Crippen molar-refractivity contribution < 1.29 is 13.2 Å². The SMILES string of the molecule is CCS(=O)(=O)c1ccc(C(=O)N(C)C2CC3CCC(C2)N3)cc1.Cl. The van der Waals surface area contributed by atoms with Gasteiger partial charge in [0.15, 0.2) is 9.84 Å². The van der Waals surface area contributed by atoms with Crippen LogP contribution in [0.3, 0.4) is 0 Å². The highest BCUT2D eigenvalue weighted by atomic mass is 35.5. The molecule has 134 valence electrons. The largest absolute Gasteiger partial charge is 0.339 e. The zero-order valence-electron chi connectivity index (χ0n) is 14.1. The Bertz CT molecular complexity index is 678. The van der Waals surface area contributed by atoms with E-state index in [0.29, 0.717) is 17.6 Å². The van der Waals surface area contributed by atoms with Crippen molar-refractivity contribution in [2.75, 3.05) is 12.8 Å². The van der Waals surface area contributed by atoms with Crippen LogP contribution in [0.15, 0.2) is 29.2 Å². The molecule has 7 heteroatoms. The van der Waals surface area contributed by atoms with Gasteiger partial charge in [0, 0.05) is 30.7 Å². The fraction of sp³-hybridized carbons (Fsp3) is 0.588. The second-order valence-corrected chi connectivity index (χ2v) is 8.89. The summed E-state index contributed by atoms with van der Waals surface area (Å²) in [7, 11) is -1.37. The molecule has 2 aliphatic rings. The van der Waals surface area contributed by atoms with Crippen molar-refractivity contribution in [2.45, 2.75) is 55.6 Å². The minimum atomic E-state index is -3.22. The van der Waals surface area contributed by atoms with E-state index in [0.717, 1.165) is 12.8 Å². The first kappa shape index (κ1) is 19.2. The van der Waals surface area contributed by atoms with Crippen molar-refractivity contribution in [1.29, 1.82) is 0 Å². The third-order valence-corrected chi connectivity index (χ3v) is 6.91. The minimum Gasteiger partial charge on any atom is -0.339 e. The average molecular weight is 373 g/mol. The zero-order valence-corrected chi connectivity index (χ0v) is 15.7. The molecule has 1 amide bonds. The quantitative estimate of drug-likeness (QED) is 0.880. The van der Waals surface area contributed by atoms with Crippen LogP contribution in [0.2, 0.25) is 0 Å². The van der Waals surface area contributed by atoms with Crippen LogP contribution in [-0.4, -0.2) is 50.2 Å². The number of hydrogen-bond donors (Lipinski definition) is 1. The highest BCUT2D eigenvalue weighted by molar-refractivity contribution is 7.91. The Morgan fingerprint density at radius 3 is 2.21 bits per heavy atom. The Morgan fingerprint density at radius 1 is 1.17 bits per heavy atom. The van der Waals surface area contributed by atoms with E-state index in [1.54, 1.807) is 19.1 Å². The zero-order chi connectivity index (χ0) is 16.6. The molecule has 0 aliphatic carbocycles. The molecule has 2 bridgehead atoms. The Hall–Kier alpha value is -1.11. The summed E-state index contributed by atoms with van der Waals surface area (Å²) in [6.45, 7) is 1.62. The molecule has 24 heavy (non-hydrogen) atoms. The van der Waals surface area contributed by atoms with Gasteiger partial charge in [-0.15, -0.1) is 12.4 Å². The van der Waals surface area contributed by atoms with E-state index in [9.17, 15) is 13.2 Å². The summed E-state index contributed by atoms with van der Waals surface area (Å²) in [5.74, 6) is 0.0367. The highest BCUT2D eigenvalue weighted by Crippen LogP contribution is 2.29. The van der Waals surface area contributed by atoms with Crippen molar-refractivity contribution in [2.24, 2.45) is 0 Å². The van der Waals surface area contributed by atoms with Gasteiger partial charge in [-0.3, -0.25) is 4.79 Å². The van der Waals surface area contributed by atoms with Gasteiger partial charge in [-0.1, -0.05) is 6.92 Å². The molecular weight excluding hydrogens is 348 g/mol. The molecule has 1 aromatic rings. The fourth-order valence-corrected chi connectivity index (χ4v) is 4.57. The lowest BCUT2D eigenvalue weighted by Gasteiger charge is -2.35. The molecule has 3 rings (SSSR count). The molecule has 2 unspecified atom stereocenters. The van der Waals surface area contributed by atoms with E-state index in [2.05, 4.69) is 5.32 Å². The van der Waals surface area contributed by atoms with Crippen molar-refractivity contribution in [3.63, 3.8) is 0 Å². The molecule has 2 heterocycles. The maximum atomic E-state index is 12.7. The number of nitrogens with one attached hydrogen (secondary N) is 1. The third kappa shape index (κ3) is 3.76. The molecule has 0 aromatic heterocycles. The van der Waals surface area contributed by atoms with E-state index in [4.69, 9.17) is 0 Å². The summed E-state index contributed by atoms with van der Waals surface area (Å²) in [4.78, 5) is 14.8. The number of amides is 1. The lowest BCUT2D eigenvalue weighted by molar-refractivity contribution is 0.0681. The molecule has 2 atom stereocenters. The number of benzene rings is 1. The number of hydrogen-bond acceptors (Lipinski definition) is 4. The molecule has 2 fully saturated rings. The summed E-state index contributed by atoms with van der Waals surface area (Å²) < 4.78 is 23.7. The molecule has 0 spiro atoms. The Kier molecular flexibility index (Phi) is 5.94. The molecule has 1 aromatic carbocycles. The van der Waals surface area contributed by atoms with Crippen LogP contribution in [0.1, 0.15) is 43.0 Å². The summed E-state index contributed by atoms with van der Waals surface area (Å²) in [5.41, 5.74) is 0.549. The van der Waals surface area contributed by atoms with Gasteiger partial charge in [0.25, 0.3) is 5.91 Å². The lowest BCUT2D eigenvalue weighted by Crippen LogP contribution is -2.48. The van der Waals surface area contributed by atoms with E-state index < -0.39 is 9.84 Å². The Morgan fingerprint density at radius 2 is 1.71 bits per heavy atom. The molecule has 0 saturated carbocycles. The Labute approximate surface area is 150 Å². The summed E-state index contributed by atoms with van der Waals surface area (Å²) in [6, 6.07) is 7.64. The fourth-order valence-electron chi connectivity index (χ4n) is 3.68. The van der Waals surface area contributed by atoms with Crippen LogP contribution < -0.4 is 5.32 Å². The van der Waals surface area contributed by atoms with Gasteiger partial charge < -0.3 is 10.2 Å². The van der Waals surface area contributed by atoms with Gasteiger partial charge >= 0.3 is 0 Å². The predicted molar refractivity (Wildman–Crippen MR) is 96.5 cm³/mol. The molecular formula is C17H25ClN2O3S. The second kappa shape index (κ2) is 7.42. The van der Waals surface area contributed by atoms with Crippen molar-refractivity contribution >= 4 is 28.2 Å². The van der Waals surface area contributed by atoms with Crippen LogP contribution in [0.4, 0.5) is 0 Å². The van der Waals surface area contributed by atoms with Gasteiger partial charge in [-0.05, 0) is 49.9 Å². The number of rotatable bonds is 4. The smallest absolute Gasteiger partial charge is 0.253 e. The van der Waals surface area contributed by atoms with Crippen molar-refractivity contribution in [1.82, 2.24) is 10.2 Å². The van der Waals surface area contributed by atoms with Crippen LogP contribution >= 0.6 is 12.4 Å². The summed E-state index contributed by atoms with van der Waals surface area (Å²) in [5, 5.41) is 3.58. The standard InChI is InChI=1S/C17H24N2O3S.ClH/c1-3-23(21,22)16-8-4-12(5-9-16)17(20)19(2)15-10-13-6-7-14(11-15)18-13;/h4-5,8-9,13-15,18H,3,6-7,10-11H2,1-2H3;1H. The first-order chi connectivity index (χ1) is 10.9. The summed E-state index contributed by atoms with van der Waals surface area (Å²) >= 11 is 0. The minimum absolute atomic E-state index is 0. The number of nitrogens with zero attached hydrogens (tertiary/aromatic N) is 1. The lowest BCUT2D eigenvalue weighted by atomic mass is 9.98. The summed E-state index contributed by atoms with van der Waals surface area (Å²) in [6.07, 6.45) is 4.40. The maximum Gasteiger partial charge on any atom is 0.253 e. The number of carbonyl (C=O) groups is 1. The van der Waals surface area contributed by atoms with Crippen LogP contribution in [-0.2, 0) is 9.84 Å². The number of piperidine rings is 1. The Balaban J connectivity index is 0.00000208. The third-order valence-electron chi connectivity index (χ3n) is 5.16. The van der Waals surface area contributed by atoms with E-state index in [1.807, 2.05) is 11.9 Å². The topological polar surface area (TPSA) is 66.5 Å². The van der Waals surface area contributed by atoms with Crippen molar-refractivity contribution in [3.05, 3.63) is 29.8 Å². The highest BCUT2D eigenvalue weighted by Gasteiger charge is 2.36. The predicted octanol–water partition coefficient (Wildman–Crippen LogP) is 2.26. The number of halogens is 1. The molecule has 1 N–H and O–H groups in total. The van der Waals surface area contributed by atoms with E-state index in [-0.39, 0.29) is 35.0 Å². The number of sulfone groups is 1. The van der Waals surface area contributed by atoms with Crippen LogP contribution in [0, 0.1) is 0 Å². The van der Waals surface area contributed by atoms with Gasteiger partial charge in [0.2, 0.25) is 0 Å². The molecule has 2 aliphatic heterocycles. The molecule has 2 saturated heterocycles. The van der Waals surface area contributed by atoms with Gasteiger partial charge in [0.05, 0.1) is 10.6 Å². The average Bonchev–Trinajstić information content (AvgIpc) is 2.91. The first-order valence-electron chi connectivity index (χ1n) is 8.26. The van der Waals surface area contributed by atoms with Gasteiger partial charge in [-0.25, -0.2) is 8.42 Å². The van der Waals surface area contributed by atoms with Crippen LogP contribution in [0.25, 0.3) is 0 Å². The number of carbonyl (C=O) groups excluding carboxylic acids is 1. The number of fused-ring (bicyclic) bond motifs is 2.